The fourth-order valence-electron chi connectivity index (χ4n) is 2.43. The van der Waals surface area contributed by atoms with E-state index in [2.05, 4.69) is 5.32 Å². The normalized spacial score (nSPS) is 17.0. The summed E-state index contributed by atoms with van der Waals surface area (Å²) < 4.78 is 9.85. The van der Waals surface area contributed by atoms with Gasteiger partial charge in [0.05, 0.1) is 12.1 Å². The van der Waals surface area contributed by atoms with Crippen LogP contribution in [0.15, 0.2) is 12.2 Å². The molecule has 0 aromatic heterocycles. The summed E-state index contributed by atoms with van der Waals surface area (Å²) in [6.07, 6.45) is 7.07. The summed E-state index contributed by atoms with van der Waals surface area (Å²) in [7, 11) is 0. The molecule has 0 aliphatic heterocycles. The van der Waals surface area contributed by atoms with Crippen molar-refractivity contribution in [1.82, 2.24) is 5.32 Å². The third-order valence-electron chi connectivity index (χ3n) is 3.55. The molecule has 1 aliphatic carbocycles. The Labute approximate surface area is 137 Å². The van der Waals surface area contributed by atoms with Crippen molar-refractivity contribution in [3.05, 3.63) is 12.2 Å². The third kappa shape index (κ3) is 8.38. The largest absolute Gasteiger partial charge is 0.460 e. The number of hydrogen-bond donors (Lipinski definition) is 1. The predicted octanol–water partition coefficient (Wildman–Crippen LogP) is 2.12. The molecular weight excluding hydrogens is 298 g/mol. The van der Waals surface area contributed by atoms with Gasteiger partial charge in [-0.3, -0.25) is 4.79 Å². The number of esters is 2. The Kier molecular flexibility index (Phi) is 8.37. The van der Waals surface area contributed by atoms with E-state index in [-0.39, 0.29) is 30.6 Å². The smallest absolute Gasteiger partial charge is 0.331 e. The summed E-state index contributed by atoms with van der Waals surface area (Å²) in [5.41, 5.74) is 0. The molecule has 1 saturated carbocycles. The van der Waals surface area contributed by atoms with Crippen molar-refractivity contribution >= 4 is 17.8 Å². The summed E-state index contributed by atoms with van der Waals surface area (Å²) >= 11 is 0. The highest BCUT2D eigenvalue weighted by atomic mass is 16.5. The molecule has 0 bridgehead atoms. The first-order valence-electron chi connectivity index (χ1n) is 8.24. The van der Waals surface area contributed by atoms with Crippen LogP contribution in [0.3, 0.4) is 0 Å². The molecule has 1 fully saturated rings. The van der Waals surface area contributed by atoms with E-state index in [0.29, 0.717) is 0 Å². The molecule has 1 N–H and O–H groups in total. The zero-order chi connectivity index (χ0) is 17.2. The van der Waals surface area contributed by atoms with Crippen molar-refractivity contribution in [2.75, 3.05) is 6.61 Å². The van der Waals surface area contributed by atoms with Crippen LogP contribution >= 0.6 is 0 Å². The quantitative estimate of drug-likeness (QED) is 0.573. The Morgan fingerprint density at radius 3 is 2.26 bits per heavy atom. The molecule has 23 heavy (non-hydrogen) atoms. The summed E-state index contributed by atoms with van der Waals surface area (Å²) in [5, 5.41) is 2.86. The number of ether oxygens (including phenoxy) is 2. The predicted molar refractivity (Wildman–Crippen MR) is 85.5 cm³/mol. The Bertz CT molecular complexity index is 438. The van der Waals surface area contributed by atoms with Gasteiger partial charge in [0.2, 0.25) is 5.91 Å². The lowest BCUT2D eigenvalue weighted by molar-refractivity contribution is -0.143. The second kappa shape index (κ2) is 10.0. The van der Waals surface area contributed by atoms with Crippen LogP contribution in [0.2, 0.25) is 0 Å². The van der Waals surface area contributed by atoms with Crippen LogP contribution in [0, 0.1) is 5.92 Å². The van der Waals surface area contributed by atoms with Gasteiger partial charge < -0.3 is 14.8 Å². The fraction of sp³-hybridized carbons (Fsp3) is 0.706. The monoisotopic (exact) mass is 325 g/mol. The number of hydrogen-bond acceptors (Lipinski definition) is 5. The molecule has 1 atom stereocenters. The average Bonchev–Trinajstić information content (AvgIpc) is 2.51. The molecule has 0 unspecified atom stereocenters. The molecule has 0 saturated heterocycles. The zero-order valence-electron chi connectivity index (χ0n) is 14.2. The maximum atomic E-state index is 12.0. The van der Waals surface area contributed by atoms with Crippen LogP contribution in [0.1, 0.15) is 52.9 Å². The standard InChI is InChI=1S/C17H27NO5/c1-12(2)23-16(20)10-9-15(19)22-11-13(3)18-17(21)14-7-5-4-6-8-14/h9-10,12-14H,4-8,11H2,1-3H3,(H,18,21)/b10-9+/t13-/m0/s1. The van der Waals surface area contributed by atoms with E-state index in [0.717, 1.165) is 37.8 Å². The first-order chi connectivity index (χ1) is 10.9. The first-order valence-corrected chi connectivity index (χ1v) is 8.24. The molecule has 0 spiro atoms. The Morgan fingerprint density at radius 2 is 1.65 bits per heavy atom. The highest BCUT2D eigenvalue weighted by molar-refractivity contribution is 5.91. The van der Waals surface area contributed by atoms with Crippen molar-refractivity contribution < 1.29 is 23.9 Å². The van der Waals surface area contributed by atoms with Gasteiger partial charge in [0.1, 0.15) is 6.61 Å². The van der Waals surface area contributed by atoms with Gasteiger partial charge in [0.15, 0.2) is 0 Å². The molecule has 0 radical (unpaired) electrons. The number of amides is 1. The molecule has 0 aromatic rings. The van der Waals surface area contributed by atoms with Gasteiger partial charge in [0, 0.05) is 18.1 Å². The molecular formula is C17H27NO5. The van der Waals surface area contributed by atoms with Gasteiger partial charge in [-0.05, 0) is 33.6 Å². The van der Waals surface area contributed by atoms with Crippen LogP contribution < -0.4 is 5.32 Å². The molecule has 0 heterocycles. The summed E-state index contributed by atoms with van der Waals surface area (Å²) in [6.45, 7) is 5.30. The SMILES string of the molecule is CC(C)OC(=O)/C=C/C(=O)OC[C@H](C)NC(=O)C1CCCCC1. The van der Waals surface area contributed by atoms with Crippen LogP contribution in [0.25, 0.3) is 0 Å². The second-order valence-corrected chi connectivity index (χ2v) is 6.19. The molecule has 1 aliphatic rings. The van der Waals surface area contributed by atoms with E-state index in [4.69, 9.17) is 9.47 Å². The number of carbonyl (C=O) groups excluding carboxylic acids is 3. The van der Waals surface area contributed by atoms with Crippen LogP contribution in [0.4, 0.5) is 0 Å². The maximum Gasteiger partial charge on any atom is 0.331 e. The maximum absolute atomic E-state index is 12.0. The van der Waals surface area contributed by atoms with Crippen molar-refractivity contribution in [3.8, 4) is 0 Å². The minimum absolute atomic E-state index is 0.0318. The van der Waals surface area contributed by atoms with Crippen molar-refractivity contribution in [1.29, 1.82) is 0 Å². The van der Waals surface area contributed by atoms with Gasteiger partial charge in [-0.25, -0.2) is 9.59 Å². The Hall–Kier alpha value is -1.85. The molecule has 6 nitrogen and oxygen atoms in total. The second-order valence-electron chi connectivity index (χ2n) is 6.19. The lowest BCUT2D eigenvalue weighted by atomic mass is 9.88. The molecule has 130 valence electrons. The average molecular weight is 325 g/mol. The van der Waals surface area contributed by atoms with Crippen molar-refractivity contribution in [2.24, 2.45) is 5.92 Å². The number of rotatable bonds is 7. The van der Waals surface area contributed by atoms with E-state index >= 15 is 0 Å². The van der Waals surface area contributed by atoms with Gasteiger partial charge in [-0.2, -0.15) is 0 Å². The van der Waals surface area contributed by atoms with Crippen molar-refractivity contribution in [3.63, 3.8) is 0 Å². The molecule has 1 rings (SSSR count). The van der Waals surface area contributed by atoms with Crippen molar-refractivity contribution in [2.45, 2.75) is 65.0 Å². The fourth-order valence-corrected chi connectivity index (χ4v) is 2.43. The molecule has 1 amide bonds. The van der Waals surface area contributed by atoms with Gasteiger partial charge >= 0.3 is 11.9 Å². The molecule has 6 heteroatoms. The Morgan fingerprint density at radius 1 is 1.04 bits per heavy atom. The van der Waals surface area contributed by atoms with Crippen LogP contribution in [-0.4, -0.2) is 36.6 Å². The van der Waals surface area contributed by atoms with Gasteiger partial charge in [0.25, 0.3) is 0 Å². The minimum Gasteiger partial charge on any atom is -0.460 e. The summed E-state index contributed by atoms with van der Waals surface area (Å²) in [4.78, 5) is 34.8. The van der Waals surface area contributed by atoms with Crippen LogP contribution in [-0.2, 0) is 23.9 Å². The molecule has 0 aromatic carbocycles. The lowest BCUT2D eigenvalue weighted by Crippen LogP contribution is -2.40. The highest BCUT2D eigenvalue weighted by Crippen LogP contribution is 2.23. The first kappa shape index (κ1) is 19.2. The van der Waals surface area contributed by atoms with E-state index < -0.39 is 11.9 Å². The van der Waals surface area contributed by atoms with E-state index in [1.54, 1.807) is 20.8 Å². The van der Waals surface area contributed by atoms with E-state index in [9.17, 15) is 14.4 Å². The highest BCUT2D eigenvalue weighted by Gasteiger charge is 2.22. The topological polar surface area (TPSA) is 81.7 Å². The van der Waals surface area contributed by atoms with Crippen LogP contribution in [0.5, 0.6) is 0 Å². The van der Waals surface area contributed by atoms with Gasteiger partial charge in [-0.1, -0.05) is 19.3 Å². The number of carbonyl (C=O) groups is 3. The summed E-state index contributed by atoms with van der Waals surface area (Å²) in [6, 6.07) is -0.260. The van der Waals surface area contributed by atoms with E-state index in [1.807, 2.05) is 0 Å². The van der Waals surface area contributed by atoms with E-state index in [1.165, 1.54) is 6.42 Å². The number of nitrogens with one attached hydrogen (secondary N) is 1. The Balaban J connectivity index is 2.25. The summed E-state index contributed by atoms with van der Waals surface area (Å²) in [5.74, 6) is -1.11. The lowest BCUT2D eigenvalue weighted by Gasteiger charge is -2.23. The minimum atomic E-state index is -0.635. The van der Waals surface area contributed by atoms with Gasteiger partial charge in [-0.15, -0.1) is 0 Å². The zero-order valence-corrected chi connectivity index (χ0v) is 14.2. The third-order valence-corrected chi connectivity index (χ3v) is 3.55.